The first kappa shape index (κ1) is 28.5. The Labute approximate surface area is 235 Å². The zero-order valence-corrected chi connectivity index (χ0v) is 23.5. The Morgan fingerprint density at radius 1 is 0.900 bits per heavy atom. The predicted octanol–water partition coefficient (Wildman–Crippen LogP) is 6.09. The highest BCUT2D eigenvalue weighted by molar-refractivity contribution is 5.93. The summed E-state index contributed by atoms with van der Waals surface area (Å²) < 4.78 is 10.7. The molecular formula is C32H38N4O4. The van der Waals surface area contributed by atoms with Crippen molar-refractivity contribution in [3.8, 4) is 11.5 Å². The number of para-hydroxylation sites is 1. The minimum atomic E-state index is -0.346. The smallest absolute Gasteiger partial charge is 0.322 e. The van der Waals surface area contributed by atoms with Crippen molar-refractivity contribution in [3.05, 3.63) is 90.1 Å². The van der Waals surface area contributed by atoms with Crippen molar-refractivity contribution in [2.45, 2.75) is 32.7 Å². The number of ether oxygens (including phenoxy) is 2. The van der Waals surface area contributed by atoms with Gasteiger partial charge >= 0.3 is 6.03 Å². The van der Waals surface area contributed by atoms with Crippen LogP contribution < -0.4 is 14.8 Å². The average molecular weight is 543 g/mol. The van der Waals surface area contributed by atoms with Crippen LogP contribution in [-0.2, 0) is 17.8 Å². The van der Waals surface area contributed by atoms with E-state index < -0.39 is 0 Å². The molecule has 210 valence electrons. The molecule has 3 amide bonds. The second kappa shape index (κ2) is 14.1. The maximum Gasteiger partial charge on any atom is 0.322 e. The van der Waals surface area contributed by atoms with Crippen LogP contribution in [0.2, 0.25) is 0 Å². The highest BCUT2D eigenvalue weighted by Crippen LogP contribution is 2.29. The Bertz CT molecular complexity index is 1400. The summed E-state index contributed by atoms with van der Waals surface area (Å²) in [6, 6.07) is 23.0. The van der Waals surface area contributed by atoms with Gasteiger partial charge in [-0.2, -0.15) is 0 Å². The first-order valence-corrected chi connectivity index (χ1v) is 13.7. The first-order chi connectivity index (χ1) is 19.5. The van der Waals surface area contributed by atoms with Crippen molar-refractivity contribution in [2.24, 2.45) is 0 Å². The van der Waals surface area contributed by atoms with E-state index in [1.54, 1.807) is 30.2 Å². The summed E-state index contributed by atoms with van der Waals surface area (Å²) in [6.07, 6.45) is 4.40. The van der Waals surface area contributed by atoms with Gasteiger partial charge in [0.15, 0.2) is 0 Å². The third-order valence-electron chi connectivity index (χ3n) is 6.94. The molecule has 0 aliphatic carbocycles. The number of benzene rings is 3. The SMILES string of the molecule is CCCCN(CC(=O)N(CCc1c[nH]c2ccccc12)Cc1ccccc1)C(=O)Nc1ccc(OC)cc1OC. The Balaban J connectivity index is 1.51. The number of hydrogen-bond acceptors (Lipinski definition) is 4. The van der Waals surface area contributed by atoms with E-state index in [-0.39, 0.29) is 18.5 Å². The van der Waals surface area contributed by atoms with Gasteiger partial charge in [-0.05, 0) is 42.2 Å². The van der Waals surface area contributed by atoms with Gasteiger partial charge in [-0.25, -0.2) is 4.79 Å². The van der Waals surface area contributed by atoms with Crippen LogP contribution in [0.25, 0.3) is 10.9 Å². The summed E-state index contributed by atoms with van der Waals surface area (Å²) in [6.45, 7) is 3.51. The Kier molecular flexibility index (Phi) is 10.0. The van der Waals surface area contributed by atoms with E-state index in [1.807, 2.05) is 59.6 Å². The molecule has 0 unspecified atom stereocenters. The molecule has 0 aliphatic heterocycles. The van der Waals surface area contributed by atoms with Gasteiger partial charge in [0.2, 0.25) is 5.91 Å². The van der Waals surface area contributed by atoms with Crippen LogP contribution in [0.3, 0.4) is 0 Å². The summed E-state index contributed by atoms with van der Waals surface area (Å²) in [7, 11) is 3.11. The fourth-order valence-corrected chi connectivity index (χ4v) is 4.65. The topological polar surface area (TPSA) is 86.9 Å². The number of carbonyl (C=O) groups is 2. The minimum Gasteiger partial charge on any atom is -0.497 e. The van der Waals surface area contributed by atoms with E-state index in [9.17, 15) is 9.59 Å². The number of amides is 3. The molecule has 8 nitrogen and oxygen atoms in total. The molecule has 4 rings (SSSR count). The Morgan fingerprint density at radius 3 is 2.42 bits per heavy atom. The van der Waals surface area contributed by atoms with Crippen LogP contribution >= 0.6 is 0 Å². The van der Waals surface area contributed by atoms with Crippen LogP contribution in [0.5, 0.6) is 11.5 Å². The van der Waals surface area contributed by atoms with Crippen LogP contribution in [0.1, 0.15) is 30.9 Å². The normalized spacial score (nSPS) is 10.8. The maximum atomic E-state index is 13.8. The molecule has 0 bridgehead atoms. The summed E-state index contributed by atoms with van der Waals surface area (Å²) in [5.74, 6) is 1.01. The van der Waals surface area contributed by atoms with Gasteiger partial charge in [0.1, 0.15) is 18.0 Å². The number of carbonyl (C=O) groups excluding carboxylic acids is 2. The lowest BCUT2D eigenvalue weighted by Crippen LogP contribution is -2.45. The van der Waals surface area contributed by atoms with Gasteiger partial charge in [0, 0.05) is 42.8 Å². The zero-order chi connectivity index (χ0) is 28.3. The van der Waals surface area contributed by atoms with E-state index in [1.165, 1.54) is 7.11 Å². The molecule has 0 aliphatic rings. The monoisotopic (exact) mass is 542 g/mol. The molecule has 0 radical (unpaired) electrons. The van der Waals surface area contributed by atoms with Crippen LogP contribution in [0.4, 0.5) is 10.5 Å². The quantitative estimate of drug-likeness (QED) is 0.214. The number of H-pyrrole nitrogens is 1. The second-order valence-electron chi connectivity index (χ2n) is 9.68. The van der Waals surface area contributed by atoms with Gasteiger partial charge < -0.3 is 29.6 Å². The van der Waals surface area contributed by atoms with Crippen molar-refractivity contribution in [3.63, 3.8) is 0 Å². The third-order valence-corrected chi connectivity index (χ3v) is 6.94. The highest BCUT2D eigenvalue weighted by atomic mass is 16.5. The van der Waals surface area contributed by atoms with E-state index in [4.69, 9.17) is 9.47 Å². The minimum absolute atomic E-state index is 0.0228. The summed E-state index contributed by atoms with van der Waals surface area (Å²) >= 11 is 0. The number of fused-ring (bicyclic) bond motifs is 1. The van der Waals surface area contributed by atoms with Gasteiger partial charge in [-0.15, -0.1) is 0 Å². The largest absolute Gasteiger partial charge is 0.497 e. The van der Waals surface area contributed by atoms with E-state index in [0.29, 0.717) is 43.2 Å². The number of unbranched alkanes of at least 4 members (excludes halogenated alkanes) is 1. The molecule has 4 aromatic rings. The number of aromatic amines is 1. The van der Waals surface area contributed by atoms with Crippen LogP contribution in [0.15, 0.2) is 79.0 Å². The molecule has 1 aromatic heterocycles. The number of nitrogens with one attached hydrogen (secondary N) is 2. The predicted molar refractivity (Wildman–Crippen MR) is 159 cm³/mol. The lowest BCUT2D eigenvalue weighted by molar-refractivity contribution is -0.132. The molecule has 0 atom stereocenters. The standard InChI is InChI=1S/C32H38N4O4/c1-4-5-18-36(32(38)34-29-16-15-26(39-2)20-30(29)40-3)23-31(37)35(22-24-11-7-6-8-12-24)19-17-25-21-33-28-14-10-9-13-27(25)28/h6-16,20-21,33H,4-5,17-19,22-23H2,1-3H3,(H,34,38). The third kappa shape index (κ3) is 7.34. The first-order valence-electron chi connectivity index (χ1n) is 13.7. The molecule has 0 saturated heterocycles. The molecule has 0 spiro atoms. The van der Waals surface area contributed by atoms with Crippen molar-refractivity contribution >= 4 is 28.5 Å². The number of aromatic nitrogens is 1. The van der Waals surface area contributed by atoms with Crippen molar-refractivity contribution in [1.82, 2.24) is 14.8 Å². The molecule has 1 heterocycles. The van der Waals surface area contributed by atoms with E-state index in [2.05, 4.69) is 23.3 Å². The fraction of sp³-hybridized carbons (Fsp3) is 0.312. The lowest BCUT2D eigenvalue weighted by atomic mass is 10.1. The van der Waals surface area contributed by atoms with Crippen LogP contribution in [-0.4, -0.2) is 60.6 Å². The number of hydrogen-bond donors (Lipinski definition) is 2. The van der Waals surface area contributed by atoms with Gasteiger partial charge in [0.05, 0.1) is 19.9 Å². The number of methoxy groups -OCH3 is 2. The molecule has 0 fully saturated rings. The summed E-state index contributed by atoms with van der Waals surface area (Å²) in [5, 5.41) is 4.08. The van der Waals surface area contributed by atoms with Crippen molar-refractivity contribution < 1.29 is 19.1 Å². The molecular weight excluding hydrogens is 504 g/mol. The number of anilines is 1. The van der Waals surface area contributed by atoms with E-state index >= 15 is 0 Å². The zero-order valence-electron chi connectivity index (χ0n) is 23.5. The fourth-order valence-electron chi connectivity index (χ4n) is 4.65. The lowest BCUT2D eigenvalue weighted by Gasteiger charge is -2.28. The molecule has 0 saturated carbocycles. The van der Waals surface area contributed by atoms with Crippen molar-refractivity contribution in [2.75, 3.05) is 39.2 Å². The maximum absolute atomic E-state index is 13.8. The Morgan fingerprint density at radius 2 is 1.68 bits per heavy atom. The number of nitrogens with zero attached hydrogens (tertiary/aromatic N) is 2. The number of urea groups is 1. The summed E-state index contributed by atoms with van der Waals surface area (Å²) in [5.41, 5.74) is 3.80. The second-order valence-corrected chi connectivity index (χ2v) is 9.68. The van der Waals surface area contributed by atoms with Gasteiger partial charge in [-0.3, -0.25) is 4.79 Å². The number of rotatable bonds is 13. The molecule has 3 aromatic carbocycles. The molecule has 2 N–H and O–H groups in total. The van der Waals surface area contributed by atoms with E-state index in [0.717, 1.165) is 34.9 Å². The Hall–Kier alpha value is -4.46. The summed E-state index contributed by atoms with van der Waals surface area (Å²) in [4.78, 5) is 33.9. The average Bonchev–Trinajstić information content (AvgIpc) is 3.40. The molecule has 8 heteroatoms. The van der Waals surface area contributed by atoms with Crippen LogP contribution in [0, 0.1) is 0 Å². The molecule has 40 heavy (non-hydrogen) atoms. The van der Waals surface area contributed by atoms with Gasteiger partial charge in [-0.1, -0.05) is 61.9 Å². The van der Waals surface area contributed by atoms with Crippen molar-refractivity contribution in [1.29, 1.82) is 0 Å². The van der Waals surface area contributed by atoms with Gasteiger partial charge in [0.25, 0.3) is 0 Å². The highest BCUT2D eigenvalue weighted by Gasteiger charge is 2.23.